The van der Waals surface area contributed by atoms with Crippen LogP contribution in [0.5, 0.6) is 5.75 Å². The van der Waals surface area contributed by atoms with E-state index < -0.39 is 6.10 Å². The summed E-state index contributed by atoms with van der Waals surface area (Å²) in [5, 5.41) is 16.7. The van der Waals surface area contributed by atoms with Gasteiger partial charge >= 0.3 is 0 Å². The molecule has 1 unspecified atom stereocenters. The molecule has 2 N–H and O–H groups in total. The first-order valence-corrected chi connectivity index (χ1v) is 7.57. The molecule has 0 aliphatic heterocycles. The van der Waals surface area contributed by atoms with Gasteiger partial charge in [-0.2, -0.15) is 0 Å². The molecule has 0 saturated heterocycles. The van der Waals surface area contributed by atoms with Gasteiger partial charge in [-0.1, -0.05) is 17.7 Å². The Balaban J connectivity index is 1.66. The zero-order valence-electron chi connectivity index (χ0n) is 11.2. The zero-order chi connectivity index (χ0) is 14.4. The standard InChI is InChI=1S/C14H17ClN2O2S/c1-10-17-12(9-20-10)6-16-7-13(18)8-19-14-4-2-3-11(15)5-14/h2-5,9,13,16,18H,6-8H2,1H3. The van der Waals surface area contributed by atoms with Crippen LogP contribution in [0.2, 0.25) is 5.02 Å². The SMILES string of the molecule is Cc1nc(CNCC(O)COc2cccc(Cl)c2)cs1. The van der Waals surface area contributed by atoms with Crippen LogP contribution in [0, 0.1) is 6.92 Å². The van der Waals surface area contributed by atoms with Crippen molar-refractivity contribution in [1.29, 1.82) is 0 Å². The van der Waals surface area contributed by atoms with Crippen molar-refractivity contribution in [2.24, 2.45) is 0 Å². The molecule has 0 fully saturated rings. The predicted octanol–water partition coefficient (Wildman–Crippen LogP) is 2.63. The maximum absolute atomic E-state index is 9.82. The van der Waals surface area contributed by atoms with Crippen LogP contribution in [0.15, 0.2) is 29.6 Å². The normalized spacial score (nSPS) is 12.3. The van der Waals surface area contributed by atoms with Crippen LogP contribution in [-0.4, -0.2) is 29.3 Å². The van der Waals surface area contributed by atoms with Crippen molar-refractivity contribution in [1.82, 2.24) is 10.3 Å². The Labute approximate surface area is 127 Å². The van der Waals surface area contributed by atoms with Gasteiger partial charge in [-0.15, -0.1) is 11.3 Å². The molecule has 0 amide bonds. The Morgan fingerprint density at radius 3 is 3.05 bits per heavy atom. The van der Waals surface area contributed by atoms with Gasteiger partial charge in [0.15, 0.2) is 0 Å². The van der Waals surface area contributed by atoms with Crippen molar-refractivity contribution in [3.05, 3.63) is 45.4 Å². The Morgan fingerprint density at radius 1 is 1.50 bits per heavy atom. The third-order valence-corrected chi connectivity index (χ3v) is 3.65. The fourth-order valence-corrected chi connectivity index (χ4v) is 2.46. The first-order valence-electron chi connectivity index (χ1n) is 6.31. The van der Waals surface area contributed by atoms with E-state index in [0.717, 1.165) is 10.7 Å². The number of nitrogens with one attached hydrogen (secondary N) is 1. The number of aliphatic hydroxyl groups excluding tert-OH is 1. The topological polar surface area (TPSA) is 54.4 Å². The van der Waals surface area contributed by atoms with E-state index >= 15 is 0 Å². The summed E-state index contributed by atoms with van der Waals surface area (Å²) in [6.45, 7) is 3.31. The highest BCUT2D eigenvalue weighted by Crippen LogP contribution is 2.17. The molecule has 2 rings (SSSR count). The summed E-state index contributed by atoms with van der Waals surface area (Å²) in [6.07, 6.45) is -0.575. The third kappa shape index (κ3) is 5.09. The lowest BCUT2D eigenvalue weighted by Gasteiger charge is -2.13. The van der Waals surface area contributed by atoms with Gasteiger partial charge in [-0.25, -0.2) is 4.98 Å². The van der Waals surface area contributed by atoms with Crippen molar-refractivity contribution in [2.45, 2.75) is 19.6 Å². The number of benzene rings is 1. The molecule has 1 aromatic carbocycles. The molecule has 20 heavy (non-hydrogen) atoms. The van der Waals surface area contributed by atoms with E-state index in [1.54, 1.807) is 23.5 Å². The molecule has 1 atom stereocenters. The van der Waals surface area contributed by atoms with Gasteiger partial charge in [0.25, 0.3) is 0 Å². The van der Waals surface area contributed by atoms with E-state index in [-0.39, 0.29) is 6.61 Å². The molecule has 6 heteroatoms. The van der Waals surface area contributed by atoms with Crippen LogP contribution in [-0.2, 0) is 6.54 Å². The lowest BCUT2D eigenvalue weighted by Crippen LogP contribution is -2.31. The van der Waals surface area contributed by atoms with Crippen molar-refractivity contribution in [2.75, 3.05) is 13.2 Å². The van der Waals surface area contributed by atoms with Crippen LogP contribution >= 0.6 is 22.9 Å². The smallest absolute Gasteiger partial charge is 0.120 e. The van der Waals surface area contributed by atoms with E-state index in [1.165, 1.54) is 0 Å². The number of aryl methyl sites for hydroxylation is 1. The molecule has 0 spiro atoms. The van der Waals surface area contributed by atoms with E-state index in [2.05, 4.69) is 10.3 Å². The largest absolute Gasteiger partial charge is 0.491 e. The van der Waals surface area contributed by atoms with E-state index in [9.17, 15) is 5.11 Å². The Kier molecular flexibility index (Phi) is 5.79. The van der Waals surface area contributed by atoms with Crippen LogP contribution in [0.4, 0.5) is 0 Å². The number of rotatable bonds is 7. The summed E-state index contributed by atoms with van der Waals surface area (Å²) in [7, 11) is 0. The number of ether oxygens (including phenoxy) is 1. The number of halogens is 1. The number of aliphatic hydroxyl groups is 1. The lowest BCUT2D eigenvalue weighted by molar-refractivity contribution is 0.106. The van der Waals surface area contributed by atoms with Crippen LogP contribution in [0.3, 0.4) is 0 Å². The zero-order valence-corrected chi connectivity index (χ0v) is 12.7. The van der Waals surface area contributed by atoms with Crippen molar-refractivity contribution in [3.8, 4) is 5.75 Å². The molecular formula is C14H17ClN2O2S. The summed E-state index contributed by atoms with van der Waals surface area (Å²) in [5.74, 6) is 0.659. The van der Waals surface area contributed by atoms with Crippen molar-refractivity contribution in [3.63, 3.8) is 0 Å². The van der Waals surface area contributed by atoms with Gasteiger partial charge in [0.2, 0.25) is 0 Å². The minimum Gasteiger partial charge on any atom is -0.491 e. The van der Waals surface area contributed by atoms with Crippen LogP contribution in [0.25, 0.3) is 0 Å². The second-order valence-electron chi connectivity index (χ2n) is 4.41. The second kappa shape index (κ2) is 7.59. The summed E-state index contributed by atoms with van der Waals surface area (Å²) < 4.78 is 5.47. The van der Waals surface area contributed by atoms with E-state index in [1.807, 2.05) is 24.4 Å². The van der Waals surface area contributed by atoms with Crippen LogP contribution in [0.1, 0.15) is 10.7 Å². The maximum atomic E-state index is 9.82. The van der Waals surface area contributed by atoms with Gasteiger partial charge < -0.3 is 15.2 Å². The highest BCUT2D eigenvalue weighted by Gasteiger charge is 2.06. The average Bonchev–Trinajstić information content (AvgIpc) is 2.82. The number of hydrogen-bond acceptors (Lipinski definition) is 5. The Bertz CT molecular complexity index is 547. The fraction of sp³-hybridized carbons (Fsp3) is 0.357. The molecule has 1 aromatic heterocycles. The highest BCUT2D eigenvalue weighted by atomic mass is 35.5. The van der Waals surface area contributed by atoms with Gasteiger partial charge in [-0.3, -0.25) is 0 Å². The van der Waals surface area contributed by atoms with Gasteiger partial charge in [0.05, 0.1) is 10.7 Å². The maximum Gasteiger partial charge on any atom is 0.120 e. The van der Waals surface area contributed by atoms with Crippen molar-refractivity contribution < 1.29 is 9.84 Å². The quantitative estimate of drug-likeness (QED) is 0.825. The fourth-order valence-electron chi connectivity index (χ4n) is 1.66. The molecule has 0 saturated carbocycles. The molecule has 0 aliphatic rings. The summed E-state index contributed by atoms with van der Waals surface area (Å²) in [5.41, 5.74) is 0.996. The summed E-state index contributed by atoms with van der Waals surface area (Å²) >= 11 is 7.47. The monoisotopic (exact) mass is 312 g/mol. The van der Waals surface area contributed by atoms with E-state index in [0.29, 0.717) is 23.9 Å². The first-order chi connectivity index (χ1) is 9.63. The molecule has 1 heterocycles. The number of thiazole rings is 1. The average molecular weight is 313 g/mol. The Hall–Kier alpha value is -1.14. The number of hydrogen-bond donors (Lipinski definition) is 2. The van der Waals surface area contributed by atoms with E-state index in [4.69, 9.17) is 16.3 Å². The molecule has 2 aromatic rings. The van der Waals surface area contributed by atoms with Gasteiger partial charge in [0, 0.05) is 23.5 Å². The third-order valence-electron chi connectivity index (χ3n) is 2.59. The molecule has 0 aliphatic carbocycles. The Morgan fingerprint density at radius 2 is 2.35 bits per heavy atom. The van der Waals surface area contributed by atoms with Crippen LogP contribution < -0.4 is 10.1 Å². The minimum atomic E-state index is -0.575. The number of nitrogens with zero attached hydrogens (tertiary/aromatic N) is 1. The molecule has 0 radical (unpaired) electrons. The van der Waals surface area contributed by atoms with Gasteiger partial charge in [0.1, 0.15) is 18.5 Å². The molecule has 4 nitrogen and oxygen atoms in total. The molecule has 0 bridgehead atoms. The summed E-state index contributed by atoms with van der Waals surface area (Å²) in [6, 6.07) is 7.12. The molecule has 108 valence electrons. The van der Waals surface area contributed by atoms with Gasteiger partial charge in [-0.05, 0) is 25.1 Å². The van der Waals surface area contributed by atoms with Crippen molar-refractivity contribution >= 4 is 22.9 Å². The second-order valence-corrected chi connectivity index (χ2v) is 5.91. The summed E-state index contributed by atoms with van der Waals surface area (Å²) in [4.78, 5) is 4.34. The number of aromatic nitrogens is 1. The lowest BCUT2D eigenvalue weighted by atomic mass is 10.3. The first kappa shape index (κ1) is 15.3. The minimum absolute atomic E-state index is 0.226. The highest BCUT2D eigenvalue weighted by molar-refractivity contribution is 7.09. The predicted molar refractivity (Wildman–Crippen MR) is 81.5 cm³/mol. The molecular weight excluding hydrogens is 296 g/mol.